The van der Waals surface area contributed by atoms with Gasteiger partial charge < -0.3 is 36.3 Å². The Bertz CT molecular complexity index is 1790. The van der Waals surface area contributed by atoms with Gasteiger partial charge in [-0.3, -0.25) is 19.3 Å². The Hall–Kier alpha value is -4.29. The normalized spacial score (nSPS) is 23.9. The van der Waals surface area contributed by atoms with E-state index in [4.69, 9.17) is 15.2 Å². The Morgan fingerprint density at radius 1 is 0.807 bits per heavy atom. The Morgan fingerprint density at radius 2 is 1.53 bits per heavy atom. The predicted octanol–water partition coefficient (Wildman–Crippen LogP) is 8.16. The quantitative estimate of drug-likeness (QED) is 0.0765. The second-order valence-corrected chi connectivity index (χ2v) is 17.2. The first-order chi connectivity index (χ1) is 27.5. The highest BCUT2D eigenvalue weighted by Crippen LogP contribution is 2.42. The van der Waals surface area contributed by atoms with E-state index in [2.05, 4.69) is 20.9 Å². The number of hydrogen-bond donors (Lipinski definition) is 5. The number of hydrogen-bond acceptors (Lipinski definition) is 8. The van der Waals surface area contributed by atoms with E-state index in [0.29, 0.717) is 54.8 Å². The van der Waals surface area contributed by atoms with Crippen LogP contribution in [0.25, 0.3) is 0 Å². The van der Waals surface area contributed by atoms with E-state index in [1.807, 2.05) is 81.4 Å². The van der Waals surface area contributed by atoms with Crippen molar-refractivity contribution in [1.29, 1.82) is 0 Å². The molecule has 6 atom stereocenters. The van der Waals surface area contributed by atoms with Crippen LogP contribution in [-0.2, 0) is 30.5 Å². The summed E-state index contributed by atoms with van der Waals surface area (Å²) in [7, 11) is 0. The van der Waals surface area contributed by atoms with Crippen LogP contribution in [0.4, 0.5) is 17.1 Å². The fourth-order valence-corrected chi connectivity index (χ4v) is 8.73. The average molecular weight is 782 g/mol. The third-order valence-corrected chi connectivity index (χ3v) is 11.6. The highest BCUT2D eigenvalue weighted by atomic mass is 16.7. The number of nitrogens with zero attached hydrogens (tertiary/aromatic N) is 1. The molecule has 2 aliphatic heterocycles. The van der Waals surface area contributed by atoms with E-state index in [1.54, 1.807) is 12.1 Å². The molecule has 6 unspecified atom stereocenters. The lowest BCUT2D eigenvalue weighted by molar-refractivity contribution is -0.255. The zero-order chi connectivity index (χ0) is 40.4. The molecule has 3 aliphatic rings. The topological polar surface area (TPSA) is 155 Å². The number of likely N-dealkylation sites (tertiary alicyclic amines) is 1. The van der Waals surface area contributed by atoms with E-state index in [9.17, 15) is 19.5 Å². The number of nitrogens with two attached hydrogens (primary N) is 1. The van der Waals surface area contributed by atoms with Gasteiger partial charge in [-0.05, 0) is 101 Å². The lowest BCUT2D eigenvalue weighted by Crippen LogP contribution is -2.61. The molecule has 6 N–H and O–H groups in total. The predicted molar refractivity (Wildman–Crippen MR) is 224 cm³/mol. The van der Waals surface area contributed by atoms with Gasteiger partial charge in [0, 0.05) is 48.6 Å². The first-order valence-corrected chi connectivity index (χ1v) is 21.1. The Morgan fingerprint density at radius 3 is 2.25 bits per heavy atom. The van der Waals surface area contributed by atoms with Gasteiger partial charge >= 0.3 is 0 Å². The number of nitrogen functional groups attached to an aromatic ring is 1. The SMILES string of the molecule is CC(C)(C)NC(=O)C1CCC2CCCCC2N1CC1CC(c2ccc(CO)cc2)OC(c2cccc(NC(=O)CCCCCCC(=O)Nc3ccccc3N)c2)O1. The summed E-state index contributed by atoms with van der Waals surface area (Å²) in [5.74, 6) is 0.543. The highest BCUT2D eigenvalue weighted by molar-refractivity contribution is 5.93. The van der Waals surface area contributed by atoms with Crippen LogP contribution in [0, 0.1) is 5.92 Å². The summed E-state index contributed by atoms with van der Waals surface area (Å²) in [4.78, 5) is 41.6. The second kappa shape index (κ2) is 19.9. The molecule has 308 valence electrons. The van der Waals surface area contributed by atoms with Crippen molar-refractivity contribution in [2.24, 2.45) is 5.92 Å². The number of aliphatic hydroxyl groups excluding tert-OH is 1. The molecule has 3 amide bonds. The molecule has 0 aromatic heterocycles. The monoisotopic (exact) mass is 781 g/mol. The largest absolute Gasteiger partial charge is 0.397 e. The van der Waals surface area contributed by atoms with Crippen molar-refractivity contribution in [2.45, 2.75) is 147 Å². The van der Waals surface area contributed by atoms with Gasteiger partial charge in [0.2, 0.25) is 17.7 Å². The number of amides is 3. The minimum Gasteiger partial charge on any atom is -0.397 e. The number of benzene rings is 3. The van der Waals surface area contributed by atoms with E-state index < -0.39 is 6.29 Å². The fraction of sp³-hybridized carbons (Fsp3) is 0.543. The summed E-state index contributed by atoms with van der Waals surface area (Å²) in [5, 5.41) is 18.9. The zero-order valence-electron chi connectivity index (χ0n) is 34.0. The van der Waals surface area contributed by atoms with Gasteiger partial charge in [0.25, 0.3) is 0 Å². The van der Waals surface area contributed by atoms with Crippen LogP contribution in [-0.4, -0.2) is 58.0 Å². The molecule has 1 aliphatic carbocycles. The van der Waals surface area contributed by atoms with Gasteiger partial charge in [-0.25, -0.2) is 0 Å². The van der Waals surface area contributed by atoms with Gasteiger partial charge in [-0.1, -0.05) is 74.2 Å². The molecule has 6 rings (SSSR count). The van der Waals surface area contributed by atoms with Crippen molar-refractivity contribution in [2.75, 3.05) is 22.9 Å². The maximum atomic E-state index is 13.8. The van der Waals surface area contributed by atoms with Crippen LogP contribution in [0.3, 0.4) is 0 Å². The van der Waals surface area contributed by atoms with Crippen molar-refractivity contribution in [3.63, 3.8) is 0 Å². The number of anilines is 3. The fourth-order valence-electron chi connectivity index (χ4n) is 8.73. The van der Waals surface area contributed by atoms with Crippen molar-refractivity contribution >= 4 is 34.8 Å². The van der Waals surface area contributed by atoms with Gasteiger partial charge in [-0.15, -0.1) is 0 Å². The van der Waals surface area contributed by atoms with Gasteiger partial charge in [0.15, 0.2) is 6.29 Å². The molecule has 3 aromatic carbocycles. The molecule has 0 bridgehead atoms. The number of carbonyl (C=O) groups excluding carboxylic acids is 3. The minimum atomic E-state index is -0.688. The molecule has 3 aromatic rings. The number of rotatable bonds is 15. The molecule has 0 radical (unpaired) electrons. The first-order valence-electron chi connectivity index (χ1n) is 21.1. The molecule has 0 spiro atoms. The molecule has 11 heteroatoms. The van der Waals surface area contributed by atoms with Crippen molar-refractivity contribution in [1.82, 2.24) is 10.2 Å². The number of aliphatic hydroxyl groups is 1. The zero-order valence-corrected chi connectivity index (χ0v) is 34.0. The molecule has 2 heterocycles. The van der Waals surface area contributed by atoms with Gasteiger partial charge in [-0.2, -0.15) is 0 Å². The lowest BCUT2D eigenvalue weighted by atomic mass is 9.75. The Labute approximate surface area is 338 Å². The minimum absolute atomic E-state index is 0.0294. The number of nitrogens with one attached hydrogen (secondary N) is 3. The maximum absolute atomic E-state index is 13.8. The number of piperidine rings is 1. The summed E-state index contributed by atoms with van der Waals surface area (Å²) < 4.78 is 13.5. The molecule has 3 fully saturated rings. The molecular formula is C46H63N5O6. The number of unbranched alkanes of at least 4 members (excludes halogenated alkanes) is 3. The molecular weight excluding hydrogens is 719 g/mol. The summed E-state index contributed by atoms with van der Waals surface area (Å²) >= 11 is 0. The molecule has 11 nitrogen and oxygen atoms in total. The smallest absolute Gasteiger partial charge is 0.237 e. The Balaban J connectivity index is 1.08. The first kappa shape index (κ1) is 42.3. The van der Waals surface area contributed by atoms with Crippen LogP contribution in [0.1, 0.15) is 133 Å². The summed E-state index contributed by atoms with van der Waals surface area (Å²) in [6, 6.07) is 22.9. The van der Waals surface area contributed by atoms with Crippen molar-refractivity contribution in [3.8, 4) is 0 Å². The summed E-state index contributed by atoms with van der Waals surface area (Å²) in [6.07, 6.45) is 10.0. The number of fused-ring (bicyclic) bond motifs is 1. The maximum Gasteiger partial charge on any atom is 0.237 e. The van der Waals surface area contributed by atoms with Crippen LogP contribution in [0.15, 0.2) is 72.8 Å². The summed E-state index contributed by atoms with van der Waals surface area (Å²) in [5.41, 5.74) is 10.1. The van der Waals surface area contributed by atoms with Gasteiger partial charge in [0.05, 0.1) is 36.2 Å². The average Bonchev–Trinajstić information content (AvgIpc) is 3.19. The second-order valence-electron chi connectivity index (χ2n) is 17.2. The van der Waals surface area contributed by atoms with Crippen molar-refractivity contribution in [3.05, 3.63) is 89.5 Å². The van der Waals surface area contributed by atoms with Crippen LogP contribution in [0.2, 0.25) is 0 Å². The van der Waals surface area contributed by atoms with Crippen LogP contribution >= 0.6 is 0 Å². The molecule has 2 saturated heterocycles. The number of ether oxygens (including phenoxy) is 2. The highest BCUT2D eigenvalue weighted by Gasteiger charge is 2.44. The van der Waals surface area contributed by atoms with E-state index >= 15 is 0 Å². The molecule has 1 saturated carbocycles. The van der Waals surface area contributed by atoms with Crippen LogP contribution < -0.4 is 21.7 Å². The summed E-state index contributed by atoms with van der Waals surface area (Å²) in [6.45, 7) is 6.70. The third-order valence-electron chi connectivity index (χ3n) is 11.6. The Kier molecular flexibility index (Phi) is 14.8. The van der Waals surface area contributed by atoms with Crippen molar-refractivity contribution < 1.29 is 29.0 Å². The third kappa shape index (κ3) is 12.1. The lowest BCUT2D eigenvalue weighted by Gasteiger charge is -2.50. The number of para-hydroxylation sites is 2. The van der Waals surface area contributed by atoms with Crippen LogP contribution in [0.5, 0.6) is 0 Å². The van der Waals surface area contributed by atoms with E-state index in [-0.39, 0.29) is 48.1 Å². The van der Waals surface area contributed by atoms with Gasteiger partial charge in [0.1, 0.15) is 0 Å². The van der Waals surface area contributed by atoms with E-state index in [0.717, 1.165) is 61.6 Å². The standard InChI is InChI=1S/C46H63N5O6/c1-46(2,3)50-44(55)40-26-25-32-13-8-11-18-39(32)51(40)29-36-28-41(33-23-21-31(30-52)22-24-33)57-45(56-36)34-14-12-15-35(27-34)48-42(53)19-6-4-5-7-20-43(54)49-38-17-10-9-16-37(38)47/h9-10,12,14-17,21-24,27,32,36,39-41,45,52H,4-8,11,13,18-20,25-26,28-30,47H2,1-3H3,(H,48,53)(H,49,54)(H,50,55). The number of carbonyl (C=O) groups is 3. The molecule has 57 heavy (non-hydrogen) atoms. The van der Waals surface area contributed by atoms with E-state index in [1.165, 1.54) is 19.3 Å².